The number of nitrogens with zero attached hydrogens (tertiary/aromatic N) is 3. The Kier molecular flexibility index (Phi) is 6.88. The van der Waals surface area contributed by atoms with Gasteiger partial charge in [-0.25, -0.2) is 12.7 Å². The zero-order chi connectivity index (χ0) is 23.5. The third-order valence-corrected chi connectivity index (χ3v) is 6.10. The predicted octanol–water partition coefficient (Wildman–Crippen LogP) is 3.16. The summed E-state index contributed by atoms with van der Waals surface area (Å²) in [5.74, 6) is 0.420. The van der Waals surface area contributed by atoms with E-state index in [4.69, 9.17) is 9.47 Å². The number of carbonyl (C=O) groups excluding carboxylic acids is 1. The minimum Gasteiger partial charge on any atom is -0.493 e. The fourth-order valence-corrected chi connectivity index (χ4v) is 4.49. The zero-order valence-electron chi connectivity index (χ0n) is 18.8. The van der Waals surface area contributed by atoms with Crippen LogP contribution in [0.2, 0.25) is 0 Å². The first kappa shape index (κ1) is 23.3. The molecule has 0 aliphatic rings. The van der Waals surface area contributed by atoms with E-state index in [0.29, 0.717) is 35.1 Å². The fourth-order valence-electron chi connectivity index (χ4n) is 3.45. The molecule has 0 aliphatic carbocycles. The van der Waals surface area contributed by atoms with Gasteiger partial charge in [0.2, 0.25) is 15.9 Å². The van der Waals surface area contributed by atoms with E-state index in [2.05, 4.69) is 5.10 Å². The molecule has 0 radical (unpaired) electrons. The highest BCUT2D eigenvalue weighted by atomic mass is 32.2. The zero-order valence-corrected chi connectivity index (χ0v) is 19.6. The second-order valence-corrected chi connectivity index (χ2v) is 9.33. The molecular weight excluding hydrogens is 430 g/mol. The van der Waals surface area contributed by atoms with E-state index < -0.39 is 15.9 Å². The number of rotatable bonds is 8. The molecule has 0 spiro atoms. The maximum atomic E-state index is 13.1. The number of aryl methyl sites for hydroxylation is 2. The highest BCUT2D eigenvalue weighted by Crippen LogP contribution is 2.31. The maximum absolute atomic E-state index is 13.1. The number of aromatic nitrogens is 2. The van der Waals surface area contributed by atoms with Crippen LogP contribution in [0, 0.1) is 13.8 Å². The summed E-state index contributed by atoms with van der Waals surface area (Å²) >= 11 is 0. The van der Waals surface area contributed by atoms with Gasteiger partial charge in [0.15, 0.2) is 11.5 Å². The Labute approximate surface area is 188 Å². The van der Waals surface area contributed by atoms with E-state index in [9.17, 15) is 13.2 Å². The van der Waals surface area contributed by atoms with Crippen LogP contribution < -0.4 is 13.8 Å². The lowest BCUT2D eigenvalue weighted by atomic mass is 10.1. The monoisotopic (exact) mass is 457 g/mol. The number of hydrogen-bond donors (Lipinski definition) is 0. The minimum absolute atomic E-state index is 0.129. The van der Waals surface area contributed by atoms with Gasteiger partial charge in [-0.2, -0.15) is 5.10 Å². The first-order valence-corrected chi connectivity index (χ1v) is 11.8. The van der Waals surface area contributed by atoms with Crippen LogP contribution in [0.4, 0.5) is 5.69 Å². The largest absolute Gasteiger partial charge is 0.493 e. The fraction of sp³-hybridized carbons (Fsp3) is 0.304. The van der Waals surface area contributed by atoms with Crippen LogP contribution in [0.1, 0.15) is 22.5 Å². The molecule has 0 saturated heterocycles. The van der Waals surface area contributed by atoms with Crippen molar-refractivity contribution in [3.05, 3.63) is 71.0 Å². The molecule has 3 aromatic rings. The van der Waals surface area contributed by atoms with Crippen molar-refractivity contribution >= 4 is 21.6 Å². The normalized spacial score (nSPS) is 11.3. The Bertz CT molecular complexity index is 1220. The van der Waals surface area contributed by atoms with E-state index in [1.54, 1.807) is 43.8 Å². The summed E-state index contributed by atoms with van der Waals surface area (Å²) in [6.07, 6.45) is 0.883. The van der Waals surface area contributed by atoms with E-state index in [0.717, 1.165) is 16.1 Å². The van der Waals surface area contributed by atoms with Crippen LogP contribution in [-0.2, 0) is 34.9 Å². The average molecular weight is 458 g/mol. The number of carbonyl (C=O) groups is 1. The van der Waals surface area contributed by atoms with E-state index in [1.807, 2.05) is 30.3 Å². The summed E-state index contributed by atoms with van der Waals surface area (Å²) in [4.78, 5) is 13.1. The smallest absolute Gasteiger partial charge is 0.245 e. The van der Waals surface area contributed by atoms with Crippen molar-refractivity contribution in [2.24, 2.45) is 7.05 Å². The van der Waals surface area contributed by atoms with Crippen molar-refractivity contribution in [3.8, 4) is 11.5 Å². The van der Waals surface area contributed by atoms with Crippen LogP contribution in [0.3, 0.4) is 0 Å². The maximum Gasteiger partial charge on any atom is 0.245 e. The van der Waals surface area contributed by atoms with Gasteiger partial charge in [-0.05, 0) is 37.1 Å². The molecule has 0 fully saturated rings. The Morgan fingerprint density at radius 3 is 2.31 bits per heavy atom. The standard InChI is InChI=1S/C23H27N3O5S/c1-16-23(17(2)25(3)24-16)26(32(5,28)29)22(27)14-19-11-12-20(21(13-19)30-4)31-15-18-9-7-6-8-10-18/h6-13H,14-15H2,1-5H3. The van der Waals surface area contributed by atoms with Crippen LogP contribution >= 0.6 is 0 Å². The lowest BCUT2D eigenvalue weighted by Crippen LogP contribution is -2.38. The van der Waals surface area contributed by atoms with Gasteiger partial charge in [0.1, 0.15) is 12.3 Å². The van der Waals surface area contributed by atoms with Gasteiger partial charge in [0.25, 0.3) is 0 Å². The minimum atomic E-state index is -3.86. The van der Waals surface area contributed by atoms with Gasteiger partial charge < -0.3 is 9.47 Å². The first-order chi connectivity index (χ1) is 15.1. The number of benzene rings is 2. The summed E-state index contributed by atoms with van der Waals surface area (Å²) in [5.41, 5.74) is 2.95. The molecule has 0 N–H and O–H groups in total. The van der Waals surface area contributed by atoms with E-state index >= 15 is 0 Å². The van der Waals surface area contributed by atoms with Crippen LogP contribution in [-0.4, -0.2) is 37.5 Å². The molecule has 0 aliphatic heterocycles. The molecule has 1 aromatic heterocycles. The molecule has 0 atom stereocenters. The van der Waals surface area contributed by atoms with Crippen LogP contribution in [0.25, 0.3) is 0 Å². The molecule has 2 aromatic carbocycles. The molecule has 3 rings (SSSR count). The lowest BCUT2D eigenvalue weighted by Gasteiger charge is -2.21. The second kappa shape index (κ2) is 9.44. The number of sulfonamides is 1. The SMILES string of the molecule is COc1cc(CC(=O)N(c2c(C)nn(C)c2C)S(C)(=O)=O)ccc1OCc1ccccc1. The van der Waals surface area contributed by atoms with Crippen molar-refractivity contribution in [1.29, 1.82) is 0 Å². The summed E-state index contributed by atoms with van der Waals surface area (Å²) in [6.45, 7) is 3.77. The predicted molar refractivity (Wildman–Crippen MR) is 122 cm³/mol. The van der Waals surface area contributed by atoms with Crippen molar-refractivity contribution in [2.45, 2.75) is 26.9 Å². The molecule has 0 bridgehead atoms. The molecule has 9 heteroatoms. The van der Waals surface area contributed by atoms with Crippen LogP contribution in [0.15, 0.2) is 48.5 Å². The summed E-state index contributed by atoms with van der Waals surface area (Å²) < 4.78 is 38.7. The molecule has 32 heavy (non-hydrogen) atoms. The number of ether oxygens (including phenoxy) is 2. The highest BCUT2D eigenvalue weighted by molar-refractivity contribution is 7.92. The number of hydrogen-bond acceptors (Lipinski definition) is 6. The molecular formula is C23H27N3O5S. The van der Waals surface area contributed by atoms with Gasteiger partial charge >= 0.3 is 0 Å². The number of methoxy groups -OCH3 is 1. The average Bonchev–Trinajstić information content (AvgIpc) is 2.99. The Morgan fingerprint density at radius 2 is 1.75 bits per heavy atom. The second-order valence-electron chi connectivity index (χ2n) is 7.50. The number of anilines is 1. The topological polar surface area (TPSA) is 90.7 Å². The van der Waals surface area contributed by atoms with Crippen molar-refractivity contribution < 1.29 is 22.7 Å². The molecule has 170 valence electrons. The van der Waals surface area contributed by atoms with Gasteiger partial charge in [-0.3, -0.25) is 9.48 Å². The third kappa shape index (κ3) is 5.11. The Balaban J connectivity index is 1.84. The summed E-state index contributed by atoms with van der Waals surface area (Å²) in [7, 11) is -0.638. The van der Waals surface area contributed by atoms with Crippen LogP contribution in [0.5, 0.6) is 11.5 Å². The van der Waals surface area contributed by atoms with Gasteiger partial charge in [0, 0.05) is 7.05 Å². The van der Waals surface area contributed by atoms with Gasteiger partial charge in [-0.1, -0.05) is 36.4 Å². The van der Waals surface area contributed by atoms with Crippen molar-refractivity contribution in [1.82, 2.24) is 9.78 Å². The first-order valence-electron chi connectivity index (χ1n) is 9.98. The van der Waals surface area contributed by atoms with Gasteiger partial charge in [0.05, 0.1) is 31.2 Å². The third-order valence-electron chi connectivity index (χ3n) is 5.05. The number of amides is 1. The summed E-state index contributed by atoms with van der Waals surface area (Å²) in [5, 5.41) is 4.24. The van der Waals surface area contributed by atoms with Crippen molar-refractivity contribution in [3.63, 3.8) is 0 Å². The lowest BCUT2D eigenvalue weighted by molar-refractivity contribution is -0.116. The summed E-state index contributed by atoms with van der Waals surface area (Å²) in [6, 6.07) is 14.9. The van der Waals surface area contributed by atoms with Crippen molar-refractivity contribution in [2.75, 3.05) is 17.7 Å². The highest BCUT2D eigenvalue weighted by Gasteiger charge is 2.30. The molecule has 0 saturated carbocycles. The molecule has 0 unspecified atom stereocenters. The Hall–Kier alpha value is -3.33. The van der Waals surface area contributed by atoms with E-state index in [-0.39, 0.29) is 12.1 Å². The quantitative estimate of drug-likeness (QED) is 0.516. The molecule has 1 heterocycles. The molecule has 1 amide bonds. The van der Waals surface area contributed by atoms with E-state index in [1.165, 1.54) is 7.11 Å². The van der Waals surface area contributed by atoms with Gasteiger partial charge in [-0.15, -0.1) is 0 Å². The molecule has 8 nitrogen and oxygen atoms in total. The Morgan fingerprint density at radius 1 is 1.06 bits per heavy atom.